The lowest BCUT2D eigenvalue weighted by Crippen LogP contribution is -2.27. The molecule has 9 nitrogen and oxygen atoms in total. The van der Waals surface area contributed by atoms with E-state index in [0.717, 1.165) is 0 Å². The molecule has 0 spiro atoms. The van der Waals surface area contributed by atoms with Gasteiger partial charge in [0.1, 0.15) is 11.6 Å². The van der Waals surface area contributed by atoms with Crippen LogP contribution in [0.1, 0.15) is 0 Å². The average molecular weight is 320 g/mol. The lowest BCUT2D eigenvalue weighted by Gasteiger charge is -2.12. The van der Waals surface area contributed by atoms with Crippen molar-refractivity contribution in [3.63, 3.8) is 0 Å². The minimum Gasteiger partial charge on any atom is -0.385 e. The molecule has 23 heavy (non-hydrogen) atoms. The van der Waals surface area contributed by atoms with Gasteiger partial charge in [0, 0.05) is 38.2 Å². The van der Waals surface area contributed by atoms with Crippen LogP contribution in [-0.4, -0.2) is 37.9 Å². The van der Waals surface area contributed by atoms with Crippen LogP contribution in [0.2, 0.25) is 0 Å². The highest BCUT2D eigenvalue weighted by molar-refractivity contribution is 6.06. The summed E-state index contributed by atoms with van der Waals surface area (Å²) < 4.78 is 9.89. The molecular weight excluding hydrogens is 304 g/mol. The number of nitro groups is 1. The number of nitrogens with zero attached hydrogens (tertiary/aromatic N) is 2. The molecule has 1 rings (SSSR count). The molecule has 2 N–H and O–H groups in total. The Bertz CT molecular complexity index is 634. The van der Waals surface area contributed by atoms with Crippen molar-refractivity contribution in [1.82, 2.24) is 5.32 Å². The van der Waals surface area contributed by atoms with E-state index in [9.17, 15) is 14.9 Å². The van der Waals surface area contributed by atoms with Crippen LogP contribution in [0.15, 0.2) is 36.0 Å². The van der Waals surface area contributed by atoms with E-state index in [-0.39, 0.29) is 23.5 Å². The third-order valence-electron chi connectivity index (χ3n) is 2.74. The molecule has 0 aromatic heterocycles. The van der Waals surface area contributed by atoms with E-state index in [1.54, 1.807) is 6.07 Å². The number of nitrogens with one attached hydrogen (secondary N) is 2. The van der Waals surface area contributed by atoms with Crippen LogP contribution in [-0.2, 0) is 14.3 Å². The minimum absolute atomic E-state index is 0.161. The van der Waals surface area contributed by atoms with Crippen LogP contribution < -0.4 is 10.6 Å². The summed E-state index contributed by atoms with van der Waals surface area (Å²) in [5.74, 6) is -0.688. The fourth-order valence-electron chi connectivity index (χ4n) is 1.56. The molecule has 1 amide bonds. The molecule has 0 bridgehead atoms. The molecule has 0 saturated carbocycles. The van der Waals surface area contributed by atoms with Crippen LogP contribution in [0.25, 0.3) is 0 Å². The second-order valence-electron chi connectivity index (χ2n) is 4.24. The van der Waals surface area contributed by atoms with Crippen molar-refractivity contribution in [2.75, 3.05) is 26.1 Å². The smallest absolute Gasteiger partial charge is 0.271 e. The van der Waals surface area contributed by atoms with Crippen LogP contribution >= 0.6 is 0 Å². The van der Waals surface area contributed by atoms with Crippen molar-refractivity contribution in [2.45, 2.75) is 6.29 Å². The third kappa shape index (κ3) is 5.74. The second-order valence-corrected chi connectivity index (χ2v) is 4.24. The highest BCUT2D eigenvalue weighted by atomic mass is 16.7. The van der Waals surface area contributed by atoms with Gasteiger partial charge in [0.25, 0.3) is 11.6 Å². The normalized spacial score (nSPS) is 11.0. The molecular formula is C14H16N4O5. The maximum Gasteiger partial charge on any atom is 0.271 e. The number of carbonyl (C=O) groups is 1. The first-order chi connectivity index (χ1) is 11.0. The third-order valence-corrected chi connectivity index (χ3v) is 2.74. The van der Waals surface area contributed by atoms with E-state index in [4.69, 9.17) is 14.7 Å². The Morgan fingerprint density at radius 3 is 2.74 bits per heavy atom. The maximum absolute atomic E-state index is 12.0. The molecule has 0 aliphatic heterocycles. The molecule has 0 unspecified atom stereocenters. The molecule has 122 valence electrons. The van der Waals surface area contributed by atoms with Crippen LogP contribution in [0.3, 0.4) is 0 Å². The monoisotopic (exact) mass is 320 g/mol. The largest absolute Gasteiger partial charge is 0.385 e. The summed E-state index contributed by atoms with van der Waals surface area (Å²) in [6, 6.07) is 7.16. The number of rotatable bonds is 8. The van der Waals surface area contributed by atoms with Gasteiger partial charge in [-0.25, -0.2) is 0 Å². The lowest BCUT2D eigenvalue weighted by atomic mass is 10.2. The van der Waals surface area contributed by atoms with Crippen molar-refractivity contribution in [2.24, 2.45) is 0 Å². The summed E-state index contributed by atoms with van der Waals surface area (Å²) >= 11 is 0. The second kappa shape index (κ2) is 9.14. The number of carbonyl (C=O) groups excluding carboxylic acids is 1. The van der Waals surface area contributed by atoms with Gasteiger partial charge in [0.15, 0.2) is 6.29 Å². The Kier molecular flexibility index (Phi) is 7.19. The van der Waals surface area contributed by atoms with Gasteiger partial charge in [-0.3, -0.25) is 14.9 Å². The van der Waals surface area contributed by atoms with Crippen molar-refractivity contribution in [3.8, 4) is 6.07 Å². The number of amides is 1. The Labute approximate surface area is 132 Å². The zero-order valence-corrected chi connectivity index (χ0v) is 12.6. The lowest BCUT2D eigenvalue weighted by molar-refractivity contribution is -0.384. The SMILES string of the molecule is COC(CN/C=C(/C#N)C(=O)Nc1cccc([N+](=O)[O-])c1)OC. The number of benzene rings is 1. The number of non-ortho nitro benzene ring substituents is 1. The molecule has 0 aliphatic carbocycles. The van der Waals surface area contributed by atoms with Crippen LogP contribution in [0, 0.1) is 21.4 Å². The Hall–Kier alpha value is -2.96. The van der Waals surface area contributed by atoms with Crippen molar-refractivity contribution in [3.05, 3.63) is 46.2 Å². The molecule has 0 fully saturated rings. The fourth-order valence-corrected chi connectivity index (χ4v) is 1.56. The van der Waals surface area contributed by atoms with E-state index in [1.165, 1.54) is 44.7 Å². The number of hydrogen-bond donors (Lipinski definition) is 2. The summed E-state index contributed by atoms with van der Waals surface area (Å²) in [4.78, 5) is 22.1. The topological polar surface area (TPSA) is 127 Å². The van der Waals surface area contributed by atoms with E-state index in [0.29, 0.717) is 0 Å². The number of nitro benzene ring substituents is 1. The Morgan fingerprint density at radius 2 is 2.17 bits per heavy atom. The van der Waals surface area contributed by atoms with Gasteiger partial charge in [-0.15, -0.1) is 0 Å². The first-order valence-electron chi connectivity index (χ1n) is 6.46. The van der Waals surface area contributed by atoms with Crippen LogP contribution in [0.4, 0.5) is 11.4 Å². The molecule has 0 saturated heterocycles. The summed E-state index contributed by atoms with van der Waals surface area (Å²) in [6.45, 7) is 0.238. The summed E-state index contributed by atoms with van der Waals surface area (Å²) in [7, 11) is 2.92. The number of hydrogen-bond acceptors (Lipinski definition) is 7. The first kappa shape index (κ1) is 18.1. The van der Waals surface area contributed by atoms with E-state index in [1.807, 2.05) is 0 Å². The maximum atomic E-state index is 12.0. The molecule has 0 heterocycles. The average Bonchev–Trinajstić information content (AvgIpc) is 2.55. The number of anilines is 1. The van der Waals surface area contributed by atoms with Gasteiger partial charge in [-0.05, 0) is 6.07 Å². The molecule has 0 atom stereocenters. The van der Waals surface area contributed by atoms with Gasteiger partial charge < -0.3 is 20.1 Å². The van der Waals surface area contributed by atoms with Gasteiger partial charge in [-0.2, -0.15) is 5.26 Å². The van der Waals surface area contributed by atoms with Gasteiger partial charge in [0.05, 0.1) is 11.5 Å². The molecule has 1 aromatic rings. The van der Waals surface area contributed by atoms with Gasteiger partial charge >= 0.3 is 0 Å². The number of nitriles is 1. The van der Waals surface area contributed by atoms with Crippen LogP contribution in [0.5, 0.6) is 0 Å². The van der Waals surface area contributed by atoms with E-state index in [2.05, 4.69) is 10.6 Å². The Balaban J connectivity index is 2.72. The molecule has 0 radical (unpaired) electrons. The highest BCUT2D eigenvalue weighted by Crippen LogP contribution is 2.17. The van der Waals surface area contributed by atoms with Crippen molar-refractivity contribution in [1.29, 1.82) is 5.26 Å². The Morgan fingerprint density at radius 1 is 1.48 bits per heavy atom. The number of ether oxygens (including phenoxy) is 2. The predicted molar refractivity (Wildman–Crippen MR) is 81.2 cm³/mol. The van der Waals surface area contributed by atoms with E-state index >= 15 is 0 Å². The zero-order chi connectivity index (χ0) is 17.2. The van der Waals surface area contributed by atoms with E-state index < -0.39 is 17.1 Å². The molecule has 0 aliphatic rings. The van der Waals surface area contributed by atoms with Gasteiger partial charge in [-0.1, -0.05) is 6.07 Å². The number of methoxy groups -OCH3 is 2. The van der Waals surface area contributed by atoms with Crippen molar-refractivity contribution >= 4 is 17.3 Å². The standard InChI is InChI=1S/C14H16N4O5/c1-22-13(23-2)9-16-8-10(7-15)14(19)17-11-4-3-5-12(6-11)18(20)21/h3-6,8,13,16H,9H2,1-2H3,(H,17,19)/b10-8-. The summed E-state index contributed by atoms with van der Waals surface area (Å²) in [6.07, 6.45) is 0.698. The zero-order valence-electron chi connectivity index (χ0n) is 12.6. The first-order valence-corrected chi connectivity index (χ1v) is 6.46. The summed E-state index contributed by atoms with van der Waals surface area (Å²) in [5, 5.41) is 24.8. The fraction of sp³-hybridized carbons (Fsp3) is 0.286. The highest BCUT2D eigenvalue weighted by Gasteiger charge is 2.12. The van der Waals surface area contributed by atoms with Crippen molar-refractivity contribution < 1.29 is 19.2 Å². The molecule has 1 aromatic carbocycles. The molecule has 9 heteroatoms. The minimum atomic E-state index is -0.688. The van der Waals surface area contributed by atoms with Gasteiger partial charge in [0.2, 0.25) is 0 Å². The predicted octanol–water partition coefficient (Wildman–Crippen LogP) is 1.15. The summed E-state index contributed by atoms with van der Waals surface area (Å²) in [5.41, 5.74) is -0.133. The quantitative estimate of drug-likeness (QED) is 0.242.